The first kappa shape index (κ1) is 16.5. The second kappa shape index (κ2) is 7.91. The highest BCUT2D eigenvalue weighted by Gasteiger charge is 2.14. The highest BCUT2D eigenvalue weighted by molar-refractivity contribution is 7.13. The van der Waals surface area contributed by atoms with Crippen molar-refractivity contribution in [3.63, 3.8) is 0 Å². The van der Waals surface area contributed by atoms with Crippen molar-refractivity contribution in [2.45, 2.75) is 20.0 Å². The molecule has 1 amide bonds. The number of rotatable bonds is 7. The minimum Gasteiger partial charge on any atom is -0.497 e. The van der Waals surface area contributed by atoms with Gasteiger partial charge in [0.15, 0.2) is 0 Å². The summed E-state index contributed by atoms with van der Waals surface area (Å²) in [4.78, 5) is 17.2. The number of nitrogens with one attached hydrogen (secondary N) is 1. The number of carbonyl (C=O) groups excluding carboxylic acids is 1. The van der Waals surface area contributed by atoms with E-state index in [1.54, 1.807) is 14.2 Å². The van der Waals surface area contributed by atoms with E-state index in [4.69, 9.17) is 9.47 Å². The third-order valence-corrected chi connectivity index (χ3v) is 4.28. The zero-order valence-electron chi connectivity index (χ0n) is 13.0. The summed E-state index contributed by atoms with van der Waals surface area (Å²) in [5.41, 5.74) is 1.87. The van der Waals surface area contributed by atoms with E-state index in [1.165, 1.54) is 11.3 Å². The topological polar surface area (TPSA) is 60.5 Å². The number of amides is 1. The number of ether oxygens (including phenoxy) is 2. The van der Waals surface area contributed by atoms with Crippen LogP contribution in [0.5, 0.6) is 5.75 Å². The molecular weight excluding hydrogens is 300 g/mol. The van der Waals surface area contributed by atoms with Crippen molar-refractivity contribution in [1.82, 2.24) is 10.3 Å². The van der Waals surface area contributed by atoms with Crippen molar-refractivity contribution in [1.29, 1.82) is 0 Å². The number of methoxy groups -OCH3 is 2. The second-order valence-electron chi connectivity index (χ2n) is 4.81. The van der Waals surface area contributed by atoms with Gasteiger partial charge in [-0.15, -0.1) is 11.3 Å². The molecule has 0 saturated carbocycles. The highest BCUT2D eigenvalue weighted by Crippen LogP contribution is 2.18. The summed E-state index contributed by atoms with van der Waals surface area (Å²) in [5.74, 6) is 0.742. The lowest BCUT2D eigenvalue weighted by Crippen LogP contribution is -2.25. The van der Waals surface area contributed by atoms with Crippen LogP contribution in [0.1, 0.15) is 25.9 Å². The molecule has 1 heterocycles. The van der Waals surface area contributed by atoms with Crippen LogP contribution in [0.3, 0.4) is 0 Å². The quantitative estimate of drug-likeness (QED) is 0.852. The highest BCUT2D eigenvalue weighted by atomic mass is 32.1. The van der Waals surface area contributed by atoms with Crippen LogP contribution in [0.4, 0.5) is 0 Å². The molecule has 0 unspecified atom stereocenters. The third kappa shape index (κ3) is 4.29. The molecule has 5 nitrogen and oxygen atoms in total. The smallest absolute Gasteiger partial charge is 0.263 e. The molecule has 2 aromatic rings. The number of aromatic nitrogens is 1. The summed E-state index contributed by atoms with van der Waals surface area (Å²) >= 11 is 1.38. The SMILES string of the molecule is COCc1nc(C)c(C(=O)NCCc2cccc(OC)c2)s1. The fourth-order valence-corrected chi connectivity index (χ4v) is 3.03. The van der Waals surface area contributed by atoms with Gasteiger partial charge in [0.2, 0.25) is 0 Å². The monoisotopic (exact) mass is 320 g/mol. The lowest BCUT2D eigenvalue weighted by molar-refractivity contribution is 0.0957. The van der Waals surface area contributed by atoms with Crippen molar-refractivity contribution in [3.05, 3.63) is 45.4 Å². The number of aryl methyl sites for hydroxylation is 1. The lowest BCUT2D eigenvalue weighted by Gasteiger charge is -2.06. The normalized spacial score (nSPS) is 10.5. The van der Waals surface area contributed by atoms with Gasteiger partial charge in [-0.25, -0.2) is 4.98 Å². The summed E-state index contributed by atoms with van der Waals surface area (Å²) in [5, 5.41) is 3.75. The van der Waals surface area contributed by atoms with Crippen LogP contribution in [0, 0.1) is 6.92 Å². The fourth-order valence-electron chi connectivity index (χ4n) is 2.08. The van der Waals surface area contributed by atoms with Crippen LogP contribution < -0.4 is 10.1 Å². The molecule has 0 bridgehead atoms. The molecule has 22 heavy (non-hydrogen) atoms. The summed E-state index contributed by atoms with van der Waals surface area (Å²) in [7, 11) is 3.26. The van der Waals surface area contributed by atoms with E-state index in [2.05, 4.69) is 10.3 Å². The maximum absolute atomic E-state index is 12.2. The van der Waals surface area contributed by atoms with Gasteiger partial charge < -0.3 is 14.8 Å². The Hall–Kier alpha value is -1.92. The molecule has 2 rings (SSSR count). The number of hydrogen-bond acceptors (Lipinski definition) is 5. The molecule has 0 aliphatic carbocycles. The van der Waals surface area contributed by atoms with E-state index in [-0.39, 0.29) is 5.91 Å². The molecule has 6 heteroatoms. The first-order valence-corrected chi connectivity index (χ1v) is 7.82. The van der Waals surface area contributed by atoms with Gasteiger partial charge in [0.1, 0.15) is 15.6 Å². The van der Waals surface area contributed by atoms with Crippen LogP contribution in [0.2, 0.25) is 0 Å². The Morgan fingerprint density at radius 3 is 2.91 bits per heavy atom. The Balaban J connectivity index is 1.89. The zero-order valence-corrected chi connectivity index (χ0v) is 13.8. The largest absolute Gasteiger partial charge is 0.497 e. The first-order valence-electron chi connectivity index (χ1n) is 7.00. The molecule has 0 spiro atoms. The number of thiazole rings is 1. The van der Waals surface area contributed by atoms with Gasteiger partial charge in [0.05, 0.1) is 19.4 Å². The summed E-state index contributed by atoms with van der Waals surface area (Å²) in [6.07, 6.45) is 0.756. The second-order valence-corrected chi connectivity index (χ2v) is 5.90. The molecule has 0 fully saturated rings. The van der Waals surface area contributed by atoms with Gasteiger partial charge in [0, 0.05) is 13.7 Å². The van der Waals surface area contributed by atoms with Crippen molar-refractivity contribution in [2.24, 2.45) is 0 Å². The average molecular weight is 320 g/mol. The third-order valence-electron chi connectivity index (χ3n) is 3.15. The maximum atomic E-state index is 12.2. The molecule has 0 atom stereocenters. The molecule has 1 aromatic heterocycles. The van der Waals surface area contributed by atoms with Gasteiger partial charge >= 0.3 is 0 Å². The van der Waals surface area contributed by atoms with Crippen molar-refractivity contribution >= 4 is 17.2 Å². The number of hydrogen-bond donors (Lipinski definition) is 1. The van der Waals surface area contributed by atoms with E-state index >= 15 is 0 Å². The van der Waals surface area contributed by atoms with E-state index < -0.39 is 0 Å². The molecule has 0 aliphatic rings. The Morgan fingerprint density at radius 2 is 2.18 bits per heavy atom. The first-order chi connectivity index (χ1) is 10.6. The molecule has 0 radical (unpaired) electrons. The van der Waals surface area contributed by atoms with Crippen LogP contribution >= 0.6 is 11.3 Å². The molecule has 0 aliphatic heterocycles. The minimum absolute atomic E-state index is 0.0831. The van der Waals surface area contributed by atoms with Crippen molar-refractivity contribution in [3.8, 4) is 5.75 Å². The Labute approximate surface area is 134 Å². The van der Waals surface area contributed by atoms with E-state index in [0.29, 0.717) is 18.0 Å². The van der Waals surface area contributed by atoms with E-state index in [1.807, 2.05) is 31.2 Å². The van der Waals surface area contributed by atoms with Crippen molar-refractivity contribution < 1.29 is 14.3 Å². The number of nitrogens with zero attached hydrogens (tertiary/aromatic N) is 1. The van der Waals surface area contributed by atoms with E-state index in [9.17, 15) is 4.79 Å². The average Bonchev–Trinajstić information content (AvgIpc) is 2.88. The minimum atomic E-state index is -0.0831. The molecule has 0 saturated heterocycles. The number of carbonyl (C=O) groups is 1. The van der Waals surface area contributed by atoms with Crippen LogP contribution in [-0.2, 0) is 17.8 Å². The van der Waals surface area contributed by atoms with Crippen LogP contribution in [0.15, 0.2) is 24.3 Å². The predicted octanol–water partition coefficient (Wildman–Crippen LogP) is 2.58. The summed E-state index contributed by atoms with van der Waals surface area (Å²) in [6, 6.07) is 7.84. The van der Waals surface area contributed by atoms with Gasteiger partial charge in [-0.1, -0.05) is 12.1 Å². The van der Waals surface area contributed by atoms with Gasteiger partial charge in [0.25, 0.3) is 5.91 Å². The van der Waals surface area contributed by atoms with Crippen LogP contribution in [-0.4, -0.2) is 31.7 Å². The fraction of sp³-hybridized carbons (Fsp3) is 0.375. The summed E-state index contributed by atoms with van der Waals surface area (Å²) in [6.45, 7) is 2.85. The Kier molecular flexibility index (Phi) is 5.91. The Bertz CT molecular complexity index is 640. The zero-order chi connectivity index (χ0) is 15.9. The Morgan fingerprint density at radius 1 is 1.36 bits per heavy atom. The molecule has 118 valence electrons. The maximum Gasteiger partial charge on any atom is 0.263 e. The lowest BCUT2D eigenvalue weighted by atomic mass is 10.1. The molecule has 1 aromatic carbocycles. The standard InChI is InChI=1S/C16H20N2O3S/c1-11-15(22-14(18-11)10-20-2)16(19)17-8-7-12-5-4-6-13(9-12)21-3/h4-6,9H,7-8,10H2,1-3H3,(H,17,19). The van der Waals surface area contributed by atoms with Crippen molar-refractivity contribution in [2.75, 3.05) is 20.8 Å². The predicted molar refractivity (Wildman–Crippen MR) is 86.6 cm³/mol. The van der Waals surface area contributed by atoms with Gasteiger partial charge in [-0.2, -0.15) is 0 Å². The van der Waals surface area contributed by atoms with Gasteiger partial charge in [-0.05, 0) is 31.0 Å². The molecular formula is C16H20N2O3S. The van der Waals surface area contributed by atoms with E-state index in [0.717, 1.165) is 28.4 Å². The summed E-state index contributed by atoms with van der Waals surface area (Å²) < 4.78 is 10.2. The molecule has 1 N–H and O–H groups in total. The number of benzene rings is 1. The van der Waals surface area contributed by atoms with Gasteiger partial charge in [-0.3, -0.25) is 4.79 Å². The van der Waals surface area contributed by atoms with Crippen LogP contribution in [0.25, 0.3) is 0 Å².